The first-order chi connectivity index (χ1) is 28.1. The van der Waals surface area contributed by atoms with Gasteiger partial charge in [0.05, 0.1) is 0 Å². The van der Waals surface area contributed by atoms with E-state index in [4.69, 9.17) is 15.0 Å². The van der Waals surface area contributed by atoms with E-state index in [1.807, 2.05) is 6.07 Å². The number of nitrogens with zero attached hydrogens (tertiary/aromatic N) is 3. The second-order valence-electron chi connectivity index (χ2n) is 14.8. The molecule has 2 aromatic heterocycles. The molecule has 0 radical (unpaired) electrons. The maximum absolute atomic E-state index is 5.32. The largest absolute Gasteiger partial charge is 0.208 e. The minimum Gasteiger partial charge on any atom is -0.208 e. The normalized spacial score (nSPS) is 14.5. The van der Waals surface area contributed by atoms with Crippen molar-refractivity contribution < 1.29 is 0 Å². The summed E-state index contributed by atoms with van der Waals surface area (Å²) in [5.74, 6) is 1.94. The molecule has 1 aliphatic carbocycles. The van der Waals surface area contributed by atoms with Gasteiger partial charge in [-0.1, -0.05) is 176 Å². The molecule has 57 heavy (non-hydrogen) atoms. The standard InChI is InChI=1S/C53H35N3S/c1-53(37-21-6-3-7-22-37)46-31-12-10-24-40(46)42-28-15-27-39(48(42)53)35-19-14-20-36(33-35)50-54-51(44-26-9-8-23-38(44)34-17-4-2-5-18-34)56-52(55-50)45-30-16-29-43-41-25-11-13-32-47(41)57-49(43)45/h2-33H,1H3. The van der Waals surface area contributed by atoms with Gasteiger partial charge in [0.1, 0.15) is 0 Å². The zero-order valence-electron chi connectivity index (χ0n) is 31.2. The number of benzene rings is 8. The topological polar surface area (TPSA) is 38.7 Å². The summed E-state index contributed by atoms with van der Waals surface area (Å²) >= 11 is 1.79. The maximum atomic E-state index is 5.32. The Bertz CT molecular complexity index is 3150. The van der Waals surface area contributed by atoms with Crippen molar-refractivity contribution in [3.05, 3.63) is 211 Å². The minimum atomic E-state index is -0.336. The Kier molecular flexibility index (Phi) is 7.80. The summed E-state index contributed by atoms with van der Waals surface area (Å²) in [5.41, 5.74) is 13.6. The van der Waals surface area contributed by atoms with Crippen LogP contribution in [0.25, 0.3) is 87.7 Å². The smallest absolute Gasteiger partial charge is 0.165 e. The van der Waals surface area contributed by atoms with Gasteiger partial charge in [0, 0.05) is 42.3 Å². The Hall–Kier alpha value is -7.01. The molecule has 2 heterocycles. The molecule has 0 saturated carbocycles. The lowest BCUT2D eigenvalue weighted by Crippen LogP contribution is -2.23. The molecule has 1 atom stereocenters. The van der Waals surface area contributed by atoms with Gasteiger partial charge in [0.2, 0.25) is 0 Å². The van der Waals surface area contributed by atoms with Crippen LogP contribution < -0.4 is 0 Å². The van der Waals surface area contributed by atoms with Gasteiger partial charge < -0.3 is 0 Å². The van der Waals surface area contributed by atoms with Crippen molar-refractivity contribution in [2.75, 3.05) is 0 Å². The second-order valence-corrected chi connectivity index (χ2v) is 15.9. The van der Waals surface area contributed by atoms with Crippen molar-refractivity contribution in [2.24, 2.45) is 0 Å². The number of rotatable bonds is 6. The second kappa shape index (κ2) is 13.3. The molecular formula is C53H35N3S. The van der Waals surface area contributed by atoms with Gasteiger partial charge in [0.15, 0.2) is 17.5 Å². The SMILES string of the molecule is CC1(c2ccccc2)c2ccccc2-c2cccc(-c3cccc(-c4nc(-c5ccccc5-c5ccccc5)nc(-c5cccc6c5sc5ccccc56)n4)c3)c21. The van der Waals surface area contributed by atoms with Gasteiger partial charge in [-0.15, -0.1) is 11.3 Å². The first-order valence-corrected chi connectivity index (χ1v) is 20.2. The van der Waals surface area contributed by atoms with E-state index in [1.54, 1.807) is 11.3 Å². The van der Waals surface area contributed by atoms with Crippen molar-refractivity contribution in [3.8, 4) is 67.5 Å². The van der Waals surface area contributed by atoms with Crippen LogP contribution in [0.3, 0.4) is 0 Å². The van der Waals surface area contributed by atoms with Crippen LogP contribution in [0.1, 0.15) is 23.6 Å². The Morgan fingerprint density at radius 3 is 1.77 bits per heavy atom. The third kappa shape index (κ3) is 5.37. The molecule has 10 aromatic rings. The summed E-state index contributed by atoms with van der Waals surface area (Å²) in [6.45, 7) is 2.38. The van der Waals surface area contributed by atoms with Crippen LogP contribution in [0, 0.1) is 0 Å². The molecule has 0 aliphatic heterocycles. The fourth-order valence-electron chi connectivity index (χ4n) is 8.96. The van der Waals surface area contributed by atoms with Gasteiger partial charge in [-0.2, -0.15) is 0 Å². The lowest BCUT2D eigenvalue weighted by molar-refractivity contribution is 0.716. The van der Waals surface area contributed by atoms with Gasteiger partial charge in [-0.25, -0.2) is 15.0 Å². The van der Waals surface area contributed by atoms with Crippen LogP contribution in [-0.4, -0.2) is 15.0 Å². The quantitative estimate of drug-likeness (QED) is 0.170. The van der Waals surface area contributed by atoms with E-state index in [1.165, 1.54) is 53.6 Å². The predicted molar refractivity (Wildman–Crippen MR) is 237 cm³/mol. The van der Waals surface area contributed by atoms with Crippen LogP contribution >= 0.6 is 11.3 Å². The molecule has 1 aliphatic rings. The van der Waals surface area contributed by atoms with Crippen LogP contribution in [0.2, 0.25) is 0 Å². The molecule has 4 heteroatoms. The summed E-state index contributed by atoms with van der Waals surface area (Å²) in [7, 11) is 0. The van der Waals surface area contributed by atoms with E-state index in [2.05, 4.69) is 195 Å². The van der Waals surface area contributed by atoms with Crippen molar-refractivity contribution >= 4 is 31.5 Å². The van der Waals surface area contributed by atoms with Crippen molar-refractivity contribution in [1.82, 2.24) is 15.0 Å². The maximum Gasteiger partial charge on any atom is 0.165 e. The van der Waals surface area contributed by atoms with Gasteiger partial charge in [-0.05, 0) is 75.2 Å². The van der Waals surface area contributed by atoms with Gasteiger partial charge in [0.25, 0.3) is 0 Å². The lowest BCUT2D eigenvalue weighted by atomic mass is 9.72. The highest BCUT2D eigenvalue weighted by Gasteiger charge is 2.42. The molecule has 8 aromatic carbocycles. The molecule has 268 valence electrons. The molecule has 0 saturated heterocycles. The minimum absolute atomic E-state index is 0.336. The Labute approximate surface area is 335 Å². The Balaban J connectivity index is 1.13. The molecular weight excluding hydrogens is 711 g/mol. The molecule has 11 rings (SSSR count). The highest BCUT2D eigenvalue weighted by Crippen LogP contribution is 2.55. The molecule has 0 N–H and O–H groups in total. The number of aromatic nitrogens is 3. The van der Waals surface area contributed by atoms with Crippen molar-refractivity contribution in [1.29, 1.82) is 0 Å². The van der Waals surface area contributed by atoms with E-state index in [-0.39, 0.29) is 5.41 Å². The number of hydrogen-bond donors (Lipinski definition) is 0. The van der Waals surface area contributed by atoms with Crippen LogP contribution in [0.5, 0.6) is 0 Å². The first-order valence-electron chi connectivity index (χ1n) is 19.4. The predicted octanol–water partition coefficient (Wildman–Crippen LogP) is 13.9. The Morgan fingerprint density at radius 1 is 0.386 bits per heavy atom. The van der Waals surface area contributed by atoms with E-state index in [9.17, 15) is 0 Å². The highest BCUT2D eigenvalue weighted by atomic mass is 32.1. The summed E-state index contributed by atoms with van der Waals surface area (Å²) in [6.07, 6.45) is 0. The van der Waals surface area contributed by atoms with Crippen LogP contribution in [0.4, 0.5) is 0 Å². The third-order valence-electron chi connectivity index (χ3n) is 11.6. The number of hydrogen-bond acceptors (Lipinski definition) is 4. The van der Waals surface area contributed by atoms with Crippen LogP contribution in [0.15, 0.2) is 194 Å². The van der Waals surface area contributed by atoms with E-state index in [0.717, 1.165) is 33.4 Å². The molecule has 0 amide bonds. The molecule has 1 unspecified atom stereocenters. The molecule has 3 nitrogen and oxygen atoms in total. The summed E-state index contributed by atoms with van der Waals surface area (Å²) in [6, 6.07) is 69.3. The Morgan fingerprint density at radius 2 is 0.930 bits per heavy atom. The van der Waals surface area contributed by atoms with Crippen LogP contribution in [-0.2, 0) is 5.41 Å². The molecule has 0 spiro atoms. The zero-order chi connectivity index (χ0) is 37.9. The van der Waals surface area contributed by atoms with E-state index in [0.29, 0.717) is 17.5 Å². The summed E-state index contributed by atoms with van der Waals surface area (Å²) in [5, 5.41) is 2.46. The monoisotopic (exact) mass is 745 g/mol. The zero-order valence-corrected chi connectivity index (χ0v) is 32.0. The average Bonchev–Trinajstić information content (AvgIpc) is 3.80. The highest BCUT2D eigenvalue weighted by molar-refractivity contribution is 7.26. The van der Waals surface area contributed by atoms with Crippen molar-refractivity contribution in [3.63, 3.8) is 0 Å². The number of thiophene rings is 1. The number of fused-ring (bicyclic) bond motifs is 6. The lowest BCUT2D eigenvalue weighted by Gasteiger charge is -2.30. The first kappa shape index (κ1) is 33.3. The third-order valence-corrected chi connectivity index (χ3v) is 12.9. The van der Waals surface area contributed by atoms with Gasteiger partial charge in [-0.3, -0.25) is 0 Å². The van der Waals surface area contributed by atoms with E-state index >= 15 is 0 Å². The summed E-state index contributed by atoms with van der Waals surface area (Å²) in [4.78, 5) is 15.9. The summed E-state index contributed by atoms with van der Waals surface area (Å²) < 4.78 is 2.42. The molecule has 0 fully saturated rings. The average molecular weight is 746 g/mol. The van der Waals surface area contributed by atoms with Gasteiger partial charge >= 0.3 is 0 Å². The molecule has 0 bridgehead atoms. The fourth-order valence-corrected chi connectivity index (χ4v) is 10.2. The fraction of sp³-hybridized carbons (Fsp3) is 0.0377. The van der Waals surface area contributed by atoms with Crippen molar-refractivity contribution in [2.45, 2.75) is 12.3 Å². The van der Waals surface area contributed by atoms with E-state index < -0.39 is 0 Å².